The van der Waals surface area contributed by atoms with Crippen molar-refractivity contribution in [3.8, 4) is 0 Å². The number of aryl methyl sites for hydroxylation is 1. The predicted octanol–water partition coefficient (Wildman–Crippen LogP) is 3.54. The summed E-state index contributed by atoms with van der Waals surface area (Å²) in [6.07, 6.45) is 3.30. The van der Waals surface area contributed by atoms with Crippen molar-refractivity contribution in [2.75, 3.05) is 13.6 Å². The Hall–Kier alpha value is -0.860. The van der Waals surface area contributed by atoms with Crippen molar-refractivity contribution < 1.29 is 5.11 Å². The van der Waals surface area contributed by atoms with Gasteiger partial charge in [0, 0.05) is 6.04 Å². The lowest BCUT2D eigenvalue weighted by molar-refractivity contribution is 0.0717. The van der Waals surface area contributed by atoms with E-state index in [-0.39, 0.29) is 6.04 Å². The average molecular weight is 249 g/mol. The predicted molar refractivity (Wildman–Crippen MR) is 77.8 cm³/mol. The van der Waals surface area contributed by atoms with E-state index in [0.29, 0.717) is 0 Å². The third-order valence-electron chi connectivity index (χ3n) is 3.69. The van der Waals surface area contributed by atoms with Gasteiger partial charge in [-0.1, -0.05) is 49.6 Å². The van der Waals surface area contributed by atoms with Gasteiger partial charge in [0.2, 0.25) is 0 Å². The molecule has 0 radical (unpaired) electrons. The Morgan fingerprint density at radius 3 is 2.33 bits per heavy atom. The maximum atomic E-state index is 10.4. The fourth-order valence-electron chi connectivity index (χ4n) is 2.10. The molecule has 2 unspecified atom stereocenters. The molecule has 1 rings (SSSR count). The standard InChI is InChI=1S/C16H27NO/c1-5-6-7-12-17(4)14(3)16(18)15-10-8-13(2)9-11-15/h8-11,14,16,18H,5-7,12H2,1-4H3. The number of hydrogen-bond acceptors (Lipinski definition) is 2. The first-order chi connectivity index (χ1) is 8.56. The summed E-state index contributed by atoms with van der Waals surface area (Å²) in [6.45, 7) is 7.43. The molecule has 0 amide bonds. The summed E-state index contributed by atoms with van der Waals surface area (Å²) < 4.78 is 0. The van der Waals surface area contributed by atoms with Crippen LogP contribution in [0.15, 0.2) is 24.3 Å². The van der Waals surface area contributed by atoms with Crippen LogP contribution in [0, 0.1) is 6.92 Å². The Morgan fingerprint density at radius 1 is 1.17 bits per heavy atom. The monoisotopic (exact) mass is 249 g/mol. The SMILES string of the molecule is CCCCCN(C)C(C)C(O)c1ccc(C)cc1. The smallest absolute Gasteiger partial charge is 0.0942 e. The highest BCUT2D eigenvalue weighted by Crippen LogP contribution is 2.20. The van der Waals surface area contributed by atoms with Crippen molar-refractivity contribution in [3.05, 3.63) is 35.4 Å². The molecule has 0 bridgehead atoms. The maximum Gasteiger partial charge on any atom is 0.0942 e. The molecule has 2 nitrogen and oxygen atoms in total. The first-order valence-corrected chi connectivity index (χ1v) is 7.01. The molecular weight excluding hydrogens is 222 g/mol. The van der Waals surface area contributed by atoms with Crippen molar-refractivity contribution in [1.82, 2.24) is 4.90 Å². The molecule has 2 heteroatoms. The van der Waals surface area contributed by atoms with E-state index in [4.69, 9.17) is 0 Å². The molecule has 0 aliphatic carbocycles. The molecule has 0 aliphatic heterocycles. The second-order valence-corrected chi connectivity index (χ2v) is 5.28. The zero-order chi connectivity index (χ0) is 13.5. The maximum absolute atomic E-state index is 10.4. The Bertz CT molecular complexity index is 333. The van der Waals surface area contributed by atoms with Gasteiger partial charge in [-0.2, -0.15) is 0 Å². The van der Waals surface area contributed by atoms with E-state index in [9.17, 15) is 5.11 Å². The number of benzene rings is 1. The fraction of sp³-hybridized carbons (Fsp3) is 0.625. The second kappa shape index (κ2) is 7.55. The number of aliphatic hydroxyl groups is 1. The number of nitrogens with zero attached hydrogens (tertiary/aromatic N) is 1. The van der Waals surface area contributed by atoms with Gasteiger partial charge in [-0.25, -0.2) is 0 Å². The number of likely N-dealkylation sites (N-methyl/N-ethyl adjacent to an activating group) is 1. The minimum Gasteiger partial charge on any atom is -0.387 e. The summed E-state index contributed by atoms with van der Waals surface area (Å²) in [7, 11) is 2.09. The van der Waals surface area contributed by atoms with Crippen LogP contribution < -0.4 is 0 Å². The van der Waals surface area contributed by atoms with E-state index in [1.54, 1.807) is 0 Å². The van der Waals surface area contributed by atoms with Gasteiger partial charge in [-0.15, -0.1) is 0 Å². The molecule has 1 aromatic carbocycles. The molecule has 0 saturated heterocycles. The van der Waals surface area contributed by atoms with E-state index in [2.05, 4.69) is 44.9 Å². The summed E-state index contributed by atoms with van der Waals surface area (Å²) >= 11 is 0. The van der Waals surface area contributed by atoms with Crippen LogP contribution in [0.4, 0.5) is 0 Å². The Balaban J connectivity index is 2.54. The van der Waals surface area contributed by atoms with Gasteiger partial charge in [0.15, 0.2) is 0 Å². The third kappa shape index (κ3) is 4.43. The summed E-state index contributed by atoms with van der Waals surface area (Å²) in [5.41, 5.74) is 2.24. The van der Waals surface area contributed by atoms with Gasteiger partial charge < -0.3 is 10.0 Å². The van der Waals surface area contributed by atoms with Crippen LogP contribution in [-0.2, 0) is 0 Å². The number of hydrogen-bond donors (Lipinski definition) is 1. The molecule has 102 valence electrons. The van der Waals surface area contributed by atoms with E-state index >= 15 is 0 Å². The first-order valence-electron chi connectivity index (χ1n) is 7.01. The summed E-state index contributed by atoms with van der Waals surface area (Å²) in [6, 6.07) is 8.32. The fourth-order valence-corrected chi connectivity index (χ4v) is 2.10. The number of aliphatic hydroxyl groups excluding tert-OH is 1. The Labute approximate surface area is 112 Å². The van der Waals surface area contributed by atoms with Crippen molar-refractivity contribution >= 4 is 0 Å². The lowest BCUT2D eigenvalue weighted by atomic mass is 10.0. The summed E-state index contributed by atoms with van der Waals surface area (Å²) in [5.74, 6) is 0. The summed E-state index contributed by atoms with van der Waals surface area (Å²) in [5, 5.41) is 10.4. The number of unbranched alkanes of at least 4 members (excludes halogenated alkanes) is 2. The van der Waals surface area contributed by atoms with Crippen LogP contribution >= 0.6 is 0 Å². The highest BCUT2D eigenvalue weighted by atomic mass is 16.3. The molecule has 1 aromatic rings. The molecular formula is C16H27NO. The molecule has 0 fully saturated rings. The highest BCUT2D eigenvalue weighted by molar-refractivity contribution is 5.23. The van der Waals surface area contributed by atoms with Crippen LogP contribution in [0.1, 0.15) is 50.3 Å². The molecule has 0 saturated carbocycles. The van der Waals surface area contributed by atoms with E-state index in [1.165, 1.54) is 24.8 Å². The first kappa shape index (κ1) is 15.2. The molecule has 0 heterocycles. The van der Waals surface area contributed by atoms with E-state index in [1.807, 2.05) is 12.1 Å². The minimum absolute atomic E-state index is 0.157. The van der Waals surface area contributed by atoms with Crippen molar-refractivity contribution in [2.24, 2.45) is 0 Å². The van der Waals surface area contributed by atoms with Crippen molar-refractivity contribution in [1.29, 1.82) is 0 Å². The zero-order valence-electron chi connectivity index (χ0n) is 12.2. The van der Waals surface area contributed by atoms with Gasteiger partial charge in [0.1, 0.15) is 0 Å². The van der Waals surface area contributed by atoms with E-state index in [0.717, 1.165) is 12.1 Å². The molecule has 18 heavy (non-hydrogen) atoms. The van der Waals surface area contributed by atoms with Gasteiger partial charge in [0.25, 0.3) is 0 Å². The quantitative estimate of drug-likeness (QED) is 0.747. The molecule has 1 N–H and O–H groups in total. The van der Waals surface area contributed by atoms with Crippen LogP contribution in [0.2, 0.25) is 0 Å². The lowest BCUT2D eigenvalue weighted by Gasteiger charge is -2.29. The van der Waals surface area contributed by atoms with Gasteiger partial charge in [-0.05, 0) is 39.4 Å². The van der Waals surface area contributed by atoms with Gasteiger partial charge in [0.05, 0.1) is 6.10 Å². The van der Waals surface area contributed by atoms with E-state index < -0.39 is 6.10 Å². The second-order valence-electron chi connectivity index (χ2n) is 5.28. The Kier molecular flexibility index (Phi) is 6.37. The normalized spacial score (nSPS) is 14.8. The minimum atomic E-state index is -0.405. The Morgan fingerprint density at radius 2 is 1.78 bits per heavy atom. The molecule has 2 atom stereocenters. The highest BCUT2D eigenvalue weighted by Gasteiger charge is 2.19. The van der Waals surface area contributed by atoms with Crippen molar-refractivity contribution in [2.45, 2.75) is 52.2 Å². The van der Waals surface area contributed by atoms with Crippen LogP contribution in [0.25, 0.3) is 0 Å². The van der Waals surface area contributed by atoms with Gasteiger partial charge in [-0.3, -0.25) is 0 Å². The lowest BCUT2D eigenvalue weighted by Crippen LogP contribution is -2.35. The molecule has 0 spiro atoms. The largest absolute Gasteiger partial charge is 0.387 e. The van der Waals surface area contributed by atoms with Crippen LogP contribution in [0.3, 0.4) is 0 Å². The third-order valence-corrected chi connectivity index (χ3v) is 3.69. The van der Waals surface area contributed by atoms with Gasteiger partial charge >= 0.3 is 0 Å². The average Bonchev–Trinajstić information content (AvgIpc) is 2.38. The summed E-state index contributed by atoms with van der Waals surface area (Å²) in [4.78, 5) is 2.25. The van der Waals surface area contributed by atoms with Crippen LogP contribution in [0.5, 0.6) is 0 Å². The zero-order valence-corrected chi connectivity index (χ0v) is 12.2. The molecule has 0 aromatic heterocycles. The van der Waals surface area contributed by atoms with Crippen molar-refractivity contribution in [3.63, 3.8) is 0 Å². The number of rotatable bonds is 7. The topological polar surface area (TPSA) is 23.5 Å². The molecule has 0 aliphatic rings. The van der Waals surface area contributed by atoms with Crippen LogP contribution in [-0.4, -0.2) is 29.6 Å².